The molecule has 0 fully saturated rings. The van der Waals surface area contributed by atoms with E-state index in [0.717, 1.165) is 12.1 Å². The van der Waals surface area contributed by atoms with Gasteiger partial charge in [-0.05, 0) is 30.7 Å². The quantitative estimate of drug-likeness (QED) is 0.129. The van der Waals surface area contributed by atoms with E-state index in [1.165, 1.54) is 0 Å². The zero-order chi connectivity index (χ0) is 28.4. The molecule has 3 amide bonds. The highest BCUT2D eigenvalue weighted by atomic mass is 19.1. The number of nitrogens with two attached hydrogens (primary N) is 1. The van der Waals surface area contributed by atoms with E-state index in [2.05, 4.69) is 16.0 Å². The van der Waals surface area contributed by atoms with E-state index in [0.29, 0.717) is 18.4 Å². The average molecular weight is 541 g/mol. The standard InChI is InChI=1S/C24H28F4N6O4/c1-12(2)22(36)32-15(11-35)3-5-30-23(37)13-7-16(25)20(17(26)8-13)33-34-21-18(27)9-14(10-19(21)28)24(38)31-6-4-29/h7-12,15,33-34H,3-6,29H2,1-2H3,(H,30,37)(H,31,38)(H,32,36)/t15-/m1/s1. The van der Waals surface area contributed by atoms with E-state index in [4.69, 9.17) is 5.73 Å². The summed E-state index contributed by atoms with van der Waals surface area (Å²) < 4.78 is 57.7. The maximum Gasteiger partial charge on any atom is 0.251 e. The molecule has 0 aliphatic carbocycles. The van der Waals surface area contributed by atoms with Crippen LogP contribution in [0.1, 0.15) is 41.0 Å². The molecule has 7 N–H and O–H groups in total. The van der Waals surface area contributed by atoms with Gasteiger partial charge in [-0.3, -0.25) is 25.2 Å². The fourth-order valence-corrected chi connectivity index (χ4v) is 3.03. The first-order valence-electron chi connectivity index (χ1n) is 11.5. The second-order valence-electron chi connectivity index (χ2n) is 8.37. The highest BCUT2D eigenvalue weighted by Gasteiger charge is 2.19. The van der Waals surface area contributed by atoms with Crippen LogP contribution in [0.4, 0.5) is 28.9 Å². The van der Waals surface area contributed by atoms with Crippen LogP contribution in [0, 0.1) is 29.2 Å². The molecule has 0 saturated heterocycles. The largest absolute Gasteiger partial charge is 0.352 e. The van der Waals surface area contributed by atoms with Gasteiger partial charge in [0.15, 0.2) is 23.3 Å². The lowest BCUT2D eigenvalue weighted by Gasteiger charge is -2.16. The van der Waals surface area contributed by atoms with Gasteiger partial charge in [-0.25, -0.2) is 17.6 Å². The van der Waals surface area contributed by atoms with Gasteiger partial charge in [0.25, 0.3) is 11.8 Å². The fraction of sp³-hybridized carbons (Fsp3) is 0.333. The van der Waals surface area contributed by atoms with Crippen LogP contribution in [0.3, 0.4) is 0 Å². The van der Waals surface area contributed by atoms with Crippen molar-refractivity contribution >= 4 is 35.4 Å². The van der Waals surface area contributed by atoms with Crippen molar-refractivity contribution in [3.63, 3.8) is 0 Å². The molecule has 0 aliphatic heterocycles. The van der Waals surface area contributed by atoms with Gasteiger partial charge < -0.3 is 26.5 Å². The number of carbonyl (C=O) groups excluding carboxylic acids is 4. The van der Waals surface area contributed by atoms with Gasteiger partial charge in [-0.2, -0.15) is 0 Å². The van der Waals surface area contributed by atoms with Crippen LogP contribution in [0.15, 0.2) is 24.3 Å². The first-order chi connectivity index (χ1) is 18.0. The molecule has 0 radical (unpaired) electrons. The minimum Gasteiger partial charge on any atom is -0.352 e. The maximum absolute atomic E-state index is 14.5. The van der Waals surface area contributed by atoms with Crippen molar-refractivity contribution in [2.75, 3.05) is 30.5 Å². The third-order valence-corrected chi connectivity index (χ3v) is 5.11. The normalized spacial score (nSPS) is 11.5. The van der Waals surface area contributed by atoms with E-state index >= 15 is 0 Å². The van der Waals surface area contributed by atoms with Gasteiger partial charge in [0, 0.05) is 36.7 Å². The summed E-state index contributed by atoms with van der Waals surface area (Å²) in [6.07, 6.45) is 0.557. The molecular weight excluding hydrogens is 512 g/mol. The Bertz CT molecular complexity index is 1150. The first kappa shape index (κ1) is 30.0. The first-order valence-corrected chi connectivity index (χ1v) is 11.5. The molecule has 14 heteroatoms. The van der Waals surface area contributed by atoms with Crippen molar-refractivity contribution in [1.82, 2.24) is 16.0 Å². The molecule has 206 valence electrons. The SMILES string of the molecule is CC(C)C(=O)N[C@@H](C=O)CCNC(=O)c1cc(F)c(NNc2c(F)cc(C(=O)NCCN)cc2F)c(F)c1. The fourth-order valence-electron chi connectivity index (χ4n) is 3.03. The number of hydrogen-bond acceptors (Lipinski definition) is 7. The Kier molecular flexibility index (Phi) is 11.0. The summed E-state index contributed by atoms with van der Waals surface area (Å²) in [7, 11) is 0. The Morgan fingerprint density at radius 2 is 1.24 bits per heavy atom. The highest BCUT2D eigenvalue weighted by Crippen LogP contribution is 2.24. The predicted molar refractivity (Wildman–Crippen MR) is 131 cm³/mol. The molecule has 0 unspecified atom stereocenters. The Morgan fingerprint density at radius 3 is 1.61 bits per heavy atom. The van der Waals surface area contributed by atoms with E-state index in [1.54, 1.807) is 13.8 Å². The van der Waals surface area contributed by atoms with E-state index in [1.807, 2.05) is 10.9 Å². The minimum atomic E-state index is -1.25. The number of halogens is 4. The Labute approximate surface area is 215 Å². The van der Waals surface area contributed by atoms with Crippen LogP contribution in [-0.2, 0) is 9.59 Å². The van der Waals surface area contributed by atoms with E-state index in [-0.39, 0.29) is 43.4 Å². The third kappa shape index (κ3) is 8.16. The van der Waals surface area contributed by atoms with Gasteiger partial charge in [0.05, 0.1) is 6.04 Å². The molecule has 0 saturated carbocycles. The molecule has 1 atom stereocenters. The zero-order valence-corrected chi connectivity index (χ0v) is 20.6. The summed E-state index contributed by atoms with van der Waals surface area (Å²) in [5.74, 6) is -7.26. The lowest BCUT2D eigenvalue weighted by molar-refractivity contribution is -0.126. The van der Waals surface area contributed by atoms with E-state index in [9.17, 15) is 36.7 Å². The number of anilines is 2. The number of carbonyl (C=O) groups is 4. The van der Waals surface area contributed by atoms with Crippen LogP contribution in [-0.4, -0.2) is 49.7 Å². The number of nitrogens with one attached hydrogen (secondary N) is 5. The third-order valence-electron chi connectivity index (χ3n) is 5.11. The van der Waals surface area contributed by atoms with Crippen molar-refractivity contribution in [1.29, 1.82) is 0 Å². The molecule has 2 rings (SSSR count). The molecule has 2 aromatic rings. The Balaban J connectivity index is 2.03. The number of hydrogen-bond donors (Lipinski definition) is 6. The highest BCUT2D eigenvalue weighted by molar-refractivity contribution is 5.95. The van der Waals surface area contributed by atoms with Gasteiger partial charge in [-0.1, -0.05) is 13.8 Å². The van der Waals surface area contributed by atoms with Gasteiger partial charge >= 0.3 is 0 Å². The topological polar surface area (TPSA) is 154 Å². The minimum absolute atomic E-state index is 0.0484. The molecule has 0 aromatic heterocycles. The van der Waals surface area contributed by atoms with Crippen molar-refractivity contribution in [3.8, 4) is 0 Å². The summed E-state index contributed by atoms with van der Waals surface area (Å²) >= 11 is 0. The number of benzene rings is 2. The van der Waals surface area contributed by atoms with Crippen LogP contribution in [0.25, 0.3) is 0 Å². The predicted octanol–water partition coefficient (Wildman–Crippen LogP) is 1.83. The zero-order valence-electron chi connectivity index (χ0n) is 20.6. The maximum atomic E-state index is 14.5. The summed E-state index contributed by atoms with van der Waals surface area (Å²) in [4.78, 5) is 46.9. The molecule has 0 spiro atoms. The Morgan fingerprint density at radius 1 is 0.816 bits per heavy atom. The lowest BCUT2D eigenvalue weighted by Crippen LogP contribution is -2.40. The van der Waals surface area contributed by atoms with Crippen LogP contribution < -0.4 is 32.5 Å². The summed E-state index contributed by atoms with van der Waals surface area (Å²) in [6.45, 7) is 3.42. The average Bonchev–Trinajstić information content (AvgIpc) is 2.86. The van der Waals surface area contributed by atoms with E-state index < -0.39 is 58.1 Å². The molecule has 0 aliphatic rings. The van der Waals surface area contributed by atoms with Crippen molar-refractivity contribution in [2.24, 2.45) is 11.7 Å². The second-order valence-corrected chi connectivity index (χ2v) is 8.37. The van der Waals surface area contributed by atoms with Crippen LogP contribution >= 0.6 is 0 Å². The number of rotatable bonds is 13. The number of amides is 3. The van der Waals surface area contributed by atoms with Crippen molar-refractivity contribution in [3.05, 3.63) is 58.7 Å². The Hall–Kier alpha value is -4.20. The monoisotopic (exact) mass is 540 g/mol. The van der Waals surface area contributed by atoms with Crippen molar-refractivity contribution in [2.45, 2.75) is 26.3 Å². The van der Waals surface area contributed by atoms with Gasteiger partial charge in [0.2, 0.25) is 5.91 Å². The molecule has 38 heavy (non-hydrogen) atoms. The second kappa shape index (κ2) is 13.9. The smallest absolute Gasteiger partial charge is 0.251 e. The molecule has 10 nitrogen and oxygen atoms in total. The summed E-state index contributed by atoms with van der Waals surface area (Å²) in [5, 5.41) is 7.21. The van der Waals surface area contributed by atoms with Gasteiger partial charge in [0.1, 0.15) is 17.7 Å². The molecule has 0 bridgehead atoms. The summed E-state index contributed by atoms with van der Waals surface area (Å²) in [5.41, 5.74) is 6.92. The van der Waals surface area contributed by atoms with Crippen LogP contribution in [0.5, 0.6) is 0 Å². The number of aldehydes is 1. The van der Waals surface area contributed by atoms with Crippen LogP contribution in [0.2, 0.25) is 0 Å². The van der Waals surface area contributed by atoms with Gasteiger partial charge in [-0.15, -0.1) is 0 Å². The molecule has 0 heterocycles. The summed E-state index contributed by atoms with van der Waals surface area (Å²) in [6, 6.07) is 1.98. The molecule has 2 aromatic carbocycles. The lowest BCUT2D eigenvalue weighted by atomic mass is 10.1. The molecular formula is C24H28F4N6O4. The number of hydrazine groups is 1. The van der Waals surface area contributed by atoms with Crippen molar-refractivity contribution < 1.29 is 36.7 Å².